The molecule has 0 saturated carbocycles. The Bertz CT molecular complexity index is 3470. The Morgan fingerprint density at radius 2 is 0.914 bits per heavy atom. The van der Waals surface area contributed by atoms with Crippen molar-refractivity contribution in [1.29, 1.82) is 0 Å². The van der Waals surface area contributed by atoms with Crippen LogP contribution >= 0.6 is 23.1 Å². The average molecular weight is 772 g/mol. The second-order valence-electron chi connectivity index (χ2n) is 15.6. The van der Waals surface area contributed by atoms with E-state index in [-0.39, 0.29) is 0 Å². The van der Waals surface area contributed by atoms with Gasteiger partial charge in [0.05, 0.1) is 5.41 Å². The molecule has 0 bridgehead atoms. The molecule has 0 radical (unpaired) electrons. The summed E-state index contributed by atoms with van der Waals surface area (Å²) in [6, 6.07) is 75.3. The van der Waals surface area contributed by atoms with Crippen molar-refractivity contribution in [3.05, 3.63) is 222 Å². The van der Waals surface area contributed by atoms with Gasteiger partial charge in [-0.3, -0.25) is 0 Å². The summed E-state index contributed by atoms with van der Waals surface area (Å²) in [5.74, 6) is 0. The van der Waals surface area contributed by atoms with Crippen LogP contribution in [0.4, 0.5) is 17.1 Å². The van der Waals surface area contributed by atoms with Crippen molar-refractivity contribution in [3.8, 4) is 11.1 Å². The van der Waals surface area contributed by atoms with Crippen LogP contribution in [0.5, 0.6) is 0 Å². The Morgan fingerprint density at radius 1 is 0.345 bits per heavy atom. The summed E-state index contributed by atoms with van der Waals surface area (Å²) in [6.07, 6.45) is 0. The maximum Gasteiger partial charge on any atom is 0.0736 e. The number of benzene rings is 10. The first-order chi connectivity index (χ1) is 28.7. The average Bonchev–Trinajstić information content (AvgIpc) is 3.63. The fourth-order valence-corrected chi connectivity index (χ4v) is 12.5. The third-order valence-electron chi connectivity index (χ3n) is 12.6. The largest absolute Gasteiger partial charge is 0.310 e. The first-order valence-electron chi connectivity index (χ1n) is 19.9. The topological polar surface area (TPSA) is 3.24 Å². The molecule has 2 heterocycles. The molecule has 11 aromatic rings. The van der Waals surface area contributed by atoms with Gasteiger partial charge in [-0.25, -0.2) is 0 Å². The van der Waals surface area contributed by atoms with Crippen molar-refractivity contribution < 1.29 is 0 Å². The second-order valence-corrected chi connectivity index (χ2v) is 17.8. The number of nitrogens with zero attached hydrogens (tertiary/aromatic N) is 1. The minimum atomic E-state index is -0.524. The Morgan fingerprint density at radius 3 is 1.71 bits per heavy atom. The molecule has 0 fully saturated rings. The molecular formula is C55H33NS2. The zero-order valence-corrected chi connectivity index (χ0v) is 32.9. The van der Waals surface area contributed by atoms with E-state index in [1.165, 1.54) is 95.7 Å². The zero-order valence-electron chi connectivity index (χ0n) is 31.3. The predicted octanol–water partition coefficient (Wildman–Crippen LogP) is 15.8. The van der Waals surface area contributed by atoms with Crippen LogP contribution < -0.4 is 4.90 Å². The summed E-state index contributed by atoms with van der Waals surface area (Å²) in [5.41, 5.74) is 10.8. The quantitative estimate of drug-likeness (QED) is 0.176. The molecule has 3 heteroatoms. The summed E-state index contributed by atoms with van der Waals surface area (Å²) in [5, 5.41) is 10.3. The van der Waals surface area contributed by atoms with Crippen LogP contribution in [0.15, 0.2) is 210 Å². The number of anilines is 3. The van der Waals surface area contributed by atoms with Crippen LogP contribution in [0.3, 0.4) is 0 Å². The van der Waals surface area contributed by atoms with E-state index in [9.17, 15) is 0 Å². The molecule has 0 atom stereocenters. The number of thiophene rings is 1. The van der Waals surface area contributed by atoms with Gasteiger partial charge in [0.25, 0.3) is 0 Å². The third-order valence-corrected chi connectivity index (χ3v) is 14.9. The smallest absolute Gasteiger partial charge is 0.0736 e. The lowest BCUT2D eigenvalue weighted by atomic mass is 9.59. The molecule has 2 aliphatic rings. The monoisotopic (exact) mass is 771 g/mol. The van der Waals surface area contributed by atoms with E-state index >= 15 is 0 Å². The molecule has 10 aromatic carbocycles. The first-order valence-corrected chi connectivity index (χ1v) is 21.5. The summed E-state index contributed by atoms with van der Waals surface area (Å²) >= 11 is 3.78. The molecular weight excluding hydrogens is 739 g/mol. The van der Waals surface area contributed by atoms with Crippen LogP contribution in [0.1, 0.15) is 22.3 Å². The molecule has 13 rings (SSSR count). The van der Waals surface area contributed by atoms with Gasteiger partial charge in [0.2, 0.25) is 0 Å². The highest BCUT2D eigenvalue weighted by Gasteiger charge is 2.48. The molecule has 1 nitrogen and oxygen atoms in total. The summed E-state index contributed by atoms with van der Waals surface area (Å²) in [6.45, 7) is 0. The second kappa shape index (κ2) is 12.2. The number of rotatable bonds is 3. The lowest BCUT2D eigenvalue weighted by molar-refractivity contribution is 0.707. The van der Waals surface area contributed by atoms with Gasteiger partial charge in [-0.2, -0.15) is 0 Å². The van der Waals surface area contributed by atoms with Gasteiger partial charge in [-0.1, -0.05) is 151 Å². The van der Waals surface area contributed by atoms with Crippen molar-refractivity contribution in [2.24, 2.45) is 0 Å². The van der Waals surface area contributed by atoms with E-state index in [1.54, 1.807) is 0 Å². The van der Waals surface area contributed by atoms with Crippen molar-refractivity contribution in [2.45, 2.75) is 15.2 Å². The predicted molar refractivity (Wildman–Crippen MR) is 248 cm³/mol. The van der Waals surface area contributed by atoms with E-state index in [0.29, 0.717) is 0 Å². The van der Waals surface area contributed by atoms with Crippen LogP contribution in [0, 0.1) is 0 Å². The lowest BCUT2D eigenvalue weighted by Gasteiger charge is -2.46. The minimum absolute atomic E-state index is 0.524. The summed E-state index contributed by atoms with van der Waals surface area (Å²) in [7, 11) is 0. The normalized spacial score (nSPS) is 13.6. The molecule has 1 aromatic heterocycles. The maximum atomic E-state index is 2.52. The molecule has 1 spiro atoms. The van der Waals surface area contributed by atoms with E-state index in [2.05, 4.69) is 205 Å². The van der Waals surface area contributed by atoms with Crippen LogP contribution in [-0.2, 0) is 5.41 Å². The summed E-state index contributed by atoms with van der Waals surface area (Å²) in [4.78, 5) is 5.10. The zero-order chi connectivity index (χ0) is 38.0. The van der Waals surface area contributed by atoms with Crippen LogP contribution in [0.25, 0.3) is 63.6 Å². The van der Waals surface area contributed by atoms with Gasteiger partial charge in [0.1, 0.15) is 0 Å². The van der Waals surface area contributed by atoms with E-state index in [1.807, 2.05) is 23.1 Å². The molecule has 0 unspecified atom stereocenters. The Kier molecular flexibility index (Phi) is 6.81. The van der Waals surface area contributed by atoms with Crippen molar-refractivity contribution >= 4 is 92.7 Å². The number of hydrogen-bond acceptors (Lipinski definition) is 3. The van der Waals surface area contributed by atoms with Gasteiger partial charge >= 0.3 is 0 Å². The fourth-order valence-electron chi connectivity index (χ4n) is 10.2. The molecule has 58 heavy (non-hydrogen) atoms. The van der Waals surface area contributed by atoms with Crippen LogP contribution in [0.2, 0.25) is 0 Å². The van der Waals surface area contributed by atoms with Gasteiger partial charge in [0.15, 0.2) is 0 Å². The van der Waals surface area contributed by atoms with Crippen LogP contribution in [-0.4, -0.2) is 0 Å². The first kappa shape index (κ1) is 32.4. The standard InChI is InChI=1S/C55H33NS2/c1-2-12-36-29-39(24-23-34(36)11-1)56(41-26-28-43-45-30-37-13-3-4-14-38(37)31-52(45)58-53(43)33-41)40-25-27-42-44-17-9-15-35-16-10-20-48(54(35)44)55(49(42)32-40)46-18-5-7-21-50(46)57-51-22-8-6-19-47(51)55/h1-33H. The van der Waals surface area contributed by atoms with Gasteiger partial charge in [0, 0.05) is 47.0 Å². The van der Waals surface area contributed by atoms with E-state index in [0.717, 1.165) is 17.1 Å². The van der Waals surface area contributed by atoms with Crippen molar-refractivity contribution in [3.63, 3.8) is 0 Å². The Labute approximate surface area is 344 Å². The van der Waals surface area contributed by atoms with Gasteiger partial charge in [-0.05, 0) is 126 Å². The van der Waals surface area contributed by atoms with Gasteiger partial charge in [-0.15, -0.1) is 11.3 Å². The van der Waals surface area contributed by atoms with E-state index < -0.39 is 5.41 Å². The highest BCUT2D eigenvalue weighted by molar-refractivity contribution is 7.99. The fraction of sp³-hybridized carbons (Fsp3) is 0.0182. The van der Waals surface area contributed by atoms with Crippen molar-refractivity contribution in [2.75, 3.05) is 4.90 Å². The number of hydrogen-bond donors (Lipinski definition) is 0. The minimum Gasteiger partial charge on any atom is -0.310 e. The Balaban J connectivity index is 1.11. The molecule has 0 amide bonds. The third kappa shape index (κ3) is 4.49. The molecule has 1 aliphatic carbocycles. The maximum absolute atomic E-state index is 2.52. The lowest BCUT2D eigenvalue weighted by Crippen LogP contribution is -2.36. The Hall–Kier alpha value is -6.65. The summed E-state index contributed by atoms with van der Waals surface area (Å²) < 4.78 is 2.61. The SMILES string of the molecule is c1ccc2c(c1)Sc1ccccc1C21c2cc(N(c3ccc4ccccc4c3)c3ccc4c(c3)sc3cc5ccccc5cc34)ccc2-c2cccc3cccc1c23. The van der Waals surface area contributed by atoms with E-state index in [4.69, 9.17) is 0 Å². The number of fused-ring (bicyclic) bond motifs is 13. The highest BCUT2D eigenvalue weighted by atomic mass is 32.2. The van der Waals surface area contributed by atoms with Crippen molar-refractivity contribution in [1.82, 2.24) is 0 Å². The molecule has 0 saturated heterocycles. The molecule has 1 aliphatic heterocycles. The van der Waals surface area contributed by atoms with Gasteiger partial charge < -0.3 is 4.90 Å². The molecule has 0 N–H and O–H groups in total. The molecule has 270 valence electrons. The highest BCUT2D eigenvalue weighted by Crippen LogP contribution is 2.62.